The van der Waals surface area contributed by atoms with Crippen LogP contribution in [0.3, 0.4) is 0 Å². The summed E-state index contributed by atoms with van der Waals surface area (Å²) in [7, 11) is -0.865. The van der Waals surface area contributed by atoms with Gasteiger partial charge in [-0.25, -0.2) is 12.7 Å². The summed E-state index contributed by atoms with van der Waals surface area (Å²) in [6.45, 7) is 6.82. The molecule has 2 atom stereocenters. The molecule has 0 aliphatic carbocycles. The number of nitrogens with zero attached hydrogens (tertiary/aromatic N) is 2. The number of hydrogen-bond acceptors (Lipinski definition) is 4. The Kier molecular flexibility index (Phi) is 7.14. The summed E-state index contributed by atoms with van der Waals surface area (Å²) >= 11 is 1.96. The Labute approximate surface area is 123 Å². The van der Waals surface area contributed by atoms with Gasteiger partial charge >= 0.3 is 0 Å². The van der Waals surface area contributed by atoms with E-state index in [1.165, 1.54) is 6.26 Å². The molecule has 1 fully saturated rings. The first kappa shape index (κ1) is 17.3. The van der Waals surface area contributed by atoms with E-state index in [4.69, 9.17) is 0 Å². The highest BCUT2D eigenvalue weighted by Crippen LogP contribution is 2.20. The smallest absolute Gasteiger partial charge is 0.211 e. The van der Waals surface area contributed by atoms with E-state index in [1.54, 1.807) is 4.31 Å². The van der Waals surface area contributed by atoms with Crippen LogP contribution in [0.4, 0.5) is 0 Å². The topological polar surface area (TPSA) is 40.6 Å². The first-order valence-corrected chi connectivity index (χ1v) is 10.1. The number of hydrogen-bond donors (Lipinski definition) is 0. The van der Waals surface area contributed by atoms with Crippen LogP contribution < -0.4 is 0 Å². The van der Waals surface area contributed by atoms with Crippen molar-refractivity contribution in [2.24, 2.45) is 5.92 Å². The SMILES string of the molecule is CCSC[C@H](C)N(C)C[C@H]1CCCN(S(C)(=O)=O)C1. The molecule has 0 saturated carbocycles. The van der Waals surface area contributed by atoms with Gasteiger partial charge in [0.1, 0.15) is 0 Å². The van der Waals surface area contributed by atoms with Gasteiger partial charge in [0.2, 0.25) is 10.0 Å². The molecule has 0 aromatic heterocycles. The van der Waals surface area contributed by atoms with E-state index in [9.17, 15) is 8.42 Å². The minimum absolute atomic E-state index is 0.475. The van der Waals surface area contributed by atoms with E-state index in [1.807, 2.05) is 11.8 Å². The van der Waals surface area contributed by atoms with Crippen molar-refractivity contribution < 1.29 is 8.42 Å². The fraction of sp³-hybridized carbons (Fsp3) is 1.00. The van der Waals surface area contributed by atoms with Gasteiger partial charge in [0, 0.05) is 31.4 Å². The molecule has 0 aromatic rings. The summed E-state index contributed by atoms with van der Waals surface area (Å²) in [4.78, 5) is 2.37. The zero-order valence-corrected chi connectivity index (χ0v) is 14.3. The van der Waals surface area contributed by atoms with E-state index in [0.29, 0.717) is 25.0 Å². The molecule has 6 heteroatoms. The second kappa shape index (κ2) is 7.86. The van der Waals surface area contributed by atoms with Crippen LogP contribution in [-0.2, 0) is 10.0 Å². The van der Waals surface area contributed by atoms with Gasteiger partial charge in [-0.15, -0.1) is 0 Å². The Bertz CT molecular complexity index is 360. The van der Waals surface area contributed by atoms with Crippen LogP contribution in [0.1, 0.15) is 26.7 Å². The fourth-order valence-corrected chi connectivity index (χ4v) is 4.25. The van der Waals surface area contributed by atoms with E-state index in [0.717, 1.165) is 30.9 Å². The normalized spacial score (nSPS) is 23.7. The Morgan fingerprint density at radius 1 is 1.47 bits per heavy atom. The Balaban J connectivity index is 2.43. The van der Waals surface area contributed by atoms with Crippen molar-refractivity contribution in [3.8, 4) is 0 Å². The lowest BCUT2D eigenvalue weighted by atomic mass is 9.99. The maximum atomic E-state index is 11.6. The average Bonchev–Trinajstić information content (AvgIpc) is 2.35. The lowest BCUT2D eigenvalue weighted by molar-refractivity contribution is 0.179. The first-order valence-electron chi connectivity index (χ1n) is 7.07. The molecule has 1 aliphatic rings. The fourth-order valence-electron chi connectivity index (χ4n) is 2.48. The summed E-state index contributed by atoms with van der Waals surface area (Å²) in [6, 6.07) is 0.554. The van der Waals surface area contributed by atoms with E-state index >= 15 is 0 Å². The van der Waals surface area contributed by atoms with Crippen molar-refractivity contribution in [2.45, 2.75) is 32.7 Å². The zero-order valence-electron chi connectivity index (χ0n) is 12.6. The third-order valence-corrected chi connectivity index (χ3v) is 6.21. The molecule has 19 heavy (non-hydrogen) atoms. The van der Waals surface area contributed by atoms with Crippen molar-refractivity contribution in [1.82, 2.24) is 9.21 Å². The second-order valence-electron chi connectivity index (χ2n) is 5.58. The summed E-state index contributed by atoms with van der Waals surface area (Å²) in [6.07, 6.45) is 3.45. The highest BCUT2D eigenvalue weighted by Gasteiger charge is 2.27. The Hall–Kier alpha value is 0.220. The van der Waals surface area contributed by atoms with Crippen LogP contribution in [-0.4, -0.2) is 68.1 Å². The van der Waals surface area contributed by atoms with Crippen LogP contribution in [0.15, 0.2) is 0 Å². The van der Waals surface area contributed by atoms with Crippen molar-refractivity contribution in [1.29, 1.82) is 0 Å². The molecule has 4 nitrogen and oxygen atoms in total. The quantitative estimate of drug-likeness (QED) is 0.718. The van der Waals surface area contributed by atoms with Gasteiger partial charge in [0.15, 0.2) is 0 Å². The van der Waals surface area contributed by atoms with Crippen LogP contribution >= 0.6 is 11.8 Å². The largest absolute Gasteiger partial charge is 0.303 e. The van der Waals surface area contributed by atoms with Crippen molar-refractivity contribution in [3.63, 3.8) is 0 Å². The van der Waals surface area contributed by atoms with Gasteiger partial charge < -0.3 is 4.90 Å². The molecule has 1 rings (SSSR count). The summed E-state index contributed by atoms with van der Waals surface area (Å²) in [5.41, 5.74) is 0. The molecule has 0 amide bonds. The van der Waals surface area contributed by atoms with Gasteiger partial charge in [-0.1, -0.05) is 6.92 Å². The monoisotopic (exact) mass is 308 g/mol. The predicted octanol–water partition coefficient (Wildman–Crippen LogP) is 1.73. The highest BCUT2D eigenvalue weighted by atomic mass is 32.2. The third-order valence-electron chi connectivity index (χ3n) is 3.81. The predicted molar refractivity (Wildman–Crippen MR) is 84.2 cm³/mol. The Morgan fingerprint density at radius 3 is 2.74 bits per heavy atom. The van der Waals surface area contributed by atoms with Gasteiger partial charge in [-0.3, -0.25) is 0 Å². The van der Waals surface area contributed by atoms with Crippen molar-refractivity contribution in [2.75, 3.05) is 44.4 Å². The maximum Gasteiger partial charge on any atom is 0.211 e. The number of thioether (sulfide) groups is 1. The van der Waals surface area contributed by atoms with Gasteiger partial charge in [-0.05, 0) is 38.5 Å². The molecule has 1 aliphatic heterocycles. The van der Waals surface area contributed by atoms with Crippen molar-refractivity contribution >= 4 is 21.8 Å². The summed E-state index contributed by atoms with van der Waals surface area (Å²) in [5.74, 6) is 2.78. The highest BCUT2D eigenvalue weighted by molar-refractivity contribution is 7.99. The number of rotatable bonds is 7. The number of piperidine rings is 1. The van der Waals surface area contributed by atoms with E-state index < -0.39 is 10.0 Å². The molecule has 0 spiro atoms. The van der Waals surface area contributed by atoms with E-state index in [-0.39, 0.29) is 0 Å². The maximum absolute atomic E-state index is 11.6. The van der Waals surface area contributed by atoms with E-state index in [2.05, 4.69) is 25.8 Å². The molecule has 114 valence electrons. The molecule has 0 bridgehead atoms. The molecular weight excluding hydrogens is 280 g/mol. The van der Waals surface area contributed by atoms with Crippen LogP contribution in [0.2, 0.25) is 0 Å². The van der Waals surface area contributed by atoms with Gasteiger partial charge in [-0.2, -0.15) is 11.8 Å². The minimum atomic E-state index is -3.02. The first-order chi connectivity index (χ1) is 8.84. The molecule has 0 N–H and O–H groups in total. The van der Waals surface area contributed by atoms with Crippen molar-refractivity contribution in [3.05, 3.63) is 0 Å². The molecule has 0 radical (unpaired) electrons. The molecular formula is C13H28N2O2S2. The van der Waals surface area contributed by atoms with Crippen LogP contribution in [0, 0.1) is 5.92 Å². The minimum Gasteiger partial charge on any atom is -0.303 e. The summed E-state index contributed by atoms with van der Waals surface area (Å²) < 4.78 is 24.8. The summed E-state index contributed by atoms with van der Waals surface area (Å²) in [5, 5.41) is 0. The standard InChI is InChI=1S/C13H28N2O2S2/c1-5-18-11-12(2)14(3)9-13-7-6-8-15(10-13)19(4,16)17/h12-13H,5-11H2,1-4H3/t12-,13+/m0/s1. The van der Waals surface area contributed by atoms with Gasteiger partial charge in [0.25, 0.3) is 0 Å². The average molecular weight is 309 g/mol. The molecule has 0 unspecified atom stereocenters. The van der Waals surface area contributed by atoms with Crippen LogP contribution in [0.5, 0.6) is 0 Å². The third kappa shape index (κ3) is 6.02. The van der Waals surface area contributed by atoms with Crippen LogP contribution in [0.25, 0.3) is 0 Å². The van der Waals surface area contributed by atoms with Gasteiger partial charge in [0.05, 0.1) is 6.26 Å². The second-order valence-corrected chi connectivity index (χ2v) is 8.88. The molecule has 0 aromatic carbocycles. The zero-order chi connectivity index (χ0) is 14.5. The lowest BCUT2D eigenvalue weighted by Gasteiger charge is -2.35. The lowest BCUT2D eigenvalue weighted by Crippen LogP contribution is -2.44. The Morgan fingerprint density at radius 2 is 2.16 bits per heavy atom. The molecule has 1 heterocycles. The molecule has 1 saturated heterocycles. The number of sulfonamides is 1.